The predicted octanol–water partition coefficient (Wildman–Crippen LogP) is 4.24. The molecular formula is C23H20ClN9O. The molecule has 1 aromatic carbocycles. The number of hydrogen-bond acceptors (Lipinski definition) is 6. The lowest BCUT2D eigenvalue weighted by molar-refractivity contribution is 0.102. The Kier molecular flexibility index (Phi) is 4.70. The van der Waals surface area contributed by atoms with E-state index in [2.05, 4.69) is 36.0 Å². The second-order valence-corrected chi connectivity index (χ2v) is 8.83. The third-order valence-electron chi connectivity index (χ3n) is 5.96. The molecule has 0 bridgehead atoms. The van der Waals surface area contributed by atoms with Crippen molar-refractivity contribution in [1.82, 2.24) is 40.0 Å². The molecule has 5 aromatic rings. The lowest BCUT2D eigenvalue weighted by Gasteiger charge is -2.08. The summed E-state index contributed by atoms with van der Waals surface area (Å²) >= 11 is 6.39. The first-order chi connectivity index (χ1) is 16.5. The van der Waals surface area contributed by atoms with Gasteiger partial charge in [-0.25, -0.2) is 4.52 Å². The molecule has 0 saturated heterocycles. The van der Waals surface area contributed by atoms with Crippen LogP contribution in [0.4, 0.5) is 5.69 Å². The standard InChI is InChI=1S/C23H20ClN9O/c1-12-21(13(2)28-27-12)14-7-8-32-20(10-14)17(11-25-32)23(34)26-19-9-15(3-6-18(19)24)22-29-31-33(30-22)16-4-5-16/h3,6-11,16H,4-5H2,1-2H3,(H,26,34)(H,27,28). The minimum absolute atomic E-state index is 0.318. The monoisotopic (exact) mass is 473 g/mol. The molecule has 0 aliphatic heterocycles. The Morgan fingerprint density at radius 1 is 1.18 bits per heavy atom. The number of nitrogens with one attached hydrogen (secondary N) is 2. The second-order valence-electron chi connectivity index (χ2n) is 8.43. The highest BCUT2D eigenvalue weighted by molar-refractivity contribution is 6.34. The third-order valence-corrected chi connectivity index (χ3v) is 6.29. The number of amides is 1. The van der Waals surface area contributed by atoms with Gasteiger partial charge in [-0.2, -0.15) is 15.0 Å². The van der Waals surface area contributed by atoms with Crippen molar-refractivity contribution in [3.8, 4) is 22.5 Å². The van der Waals surface area contributed by atoms with Gasteiger partial charge in [-0.3, -0.25) is 9.89 Å². The summed E-state index contributed by atoms with van der Waals surface area (Å²) in [6, 6.07) is 9.50. The average molecular weight is 474 g/mol. The zero-order chi connectivity index (χ0) is 23.4. The molecule has 6 rings (SSSR count). The first-order valence-electron chi connectivity index (χ1n) is 10.9. The molecule has 10 nitrogen and oxygen atoms in total. The van der Waals surface area contributed by atoms with E-state index >= 15 is 0 Å². The molecule has 1 aliphatic rings. The average Bonchev–Trinajstić information content (AvgIpc) is 3.24. The van der Waals surface area contributed by atoms with E-state index in [1.807, 2.05) is 38.2 Å². The van der Waals surface area contributed by atoms with Gasteiger partial charge in [0.15, 0.2) is 0 Å². The molecule has 4 heterocycles. The molecule has 11 heteroatoms. The van der Waals surface area contributed by atoms with Gasteiger partial charge in [0.05, 0.1) is 39.7 Å². The Bertz CT molecular complexity index is 1540. The van der Waals surface area contributed by atoms with Crippen molar-refractivity contribution in [3.63, 3.8) is 0 Å². The van der Waals surface area contributed by atoms with Crippen LogP contribution in [-0.4, -0.2) is 45.9 Å². The number of halogens is 1. The number of rotatable bonds is 5. The number of anilines is 1. The van der Waals surface area contributed by atoms with Gasteiger partial charge < -0.3 is 5.32 Å². The van der Waals surface area contributed by atoms with Crippen molar-refractivity contribution >= 4 is 28.7 Å². The lowest BCUT2D eigenvalue weighted by Crippen LogP contribution is -2.12. The summed E-state index contributed by atoms with van der Waals surface area (Å²) in [5, 5.41) is 27.6. The van der Waals surface area contributed by atoms with Crippen LogP contribution in [0, 0.1) is 13.8 Å². The van der Waals surface area contributed by atoms with E-state index in [-0.39, 0.29) is 5.91 Å². The number of benzene rings is 1. The number of tetrazole rings is 1. The largest absolute Gasteiger partial charge is 0.320 e. The summed E-state index contributed by atoms with van der Waals surface area (Å²) < 4.78 is 1.67. The number of hydrogen-bond donors (Lipinski definition) is 2. The summed E-state index contributed by atoms with van der Waals surface area (Å²) in [7, 11) is 0. The van der Waals surface area contributed by atoms with Gasteiger partial charge in [-0.15, -0.1) is 10.2 Å². The Balaban J connectivity index is 1.32. The summed E-state index contributed by atoms with van der Waals surface area (Å²) in [5.74, 6) is 0.173. The maximum Gasteiger partial charge on any atom is 0.259 e. The number of aryl methyl sites for hydroxylation is 2. The highest BCUT2D eigenvalue weighted by atomic mass is 35.5. The van der Waals surface area contributed by atoms with E-state index < -0.39 is 0 Å². The Morgan fingerprint density at radius 3 is 2.79 bits per heavy atom. The first kappa shape index (κ1) is 20.5. The van der Waals surface area contributed by atoms with Crippen LogP contribution in [0.25, 0.3) is 28.0 Å². The van der Waals surface area contributed by atoms with E-state index in [9.17, 15) is 4.79 Å². The topological polar surface area (TPSA) is 119 Å². The third kappa shape index (κ3) is 3.52. The highest BCUT2D eigenvalue weighted by Gasteiger charge is 2.26. The fourth-order valence-electron chi connectivity index (χ4n) is 4.04. The maximum atomic E-state index is 13.2. The van der Waals surface area contributed by atoms with Gasteiger partial charge in [0, 0.05) is 23.0 Å². The fraction of sp³-hybridized carbons (Fsp3) is 0.217. The summed E-state index contributed by atoms with van der Waals surface area (Å²) in [6.07, 6.45) is 5.51. The van der Waals surface area contributed by atoms with E-state index in [0.29, 0.717) is 33.7 Å². The van der Waals surface area contributed by atoms with Crippen LogP contribution in [-0.2, 0) is 0 Å². The summed E-state index contributed by atoms with van der Waals surface area (Å²) in [4.78, 5) is 14.9. The van der Waals surface area contributed by atoms with Crippen molar-refractivity contribution < 1.29 is 4.79 Å². The lowest BCUT2D eigenvalue weighted by atomic mass is 10.0. The van der Waals surface area contributed by atoms with Gasteiger partial charge in [0.1, 0.15) is 0 Å². The number of aromatic nitrogens is 8. The summed E-state index contributed by atoms with van der Waals surface area (Å²) in [5.41, 5.74) is 6.11. The Labute approximate surface area is 198 Å². The highest BCUT2D eigenvalue weighted by Crippen LogP contribution is 2.34. The molecule has 170 valence electrons. The van der Waals surface area contributed by atoms with Crippen LogP contribution in [0.5, 0.6) is 0 Å². The van der Waals surface area contributed by atoms with Crippen LogP contribution >= 0.6 is 11.6 Å². The van der Waals surface area contributed by atoms with E-state index in [1.165, 1.54) is 0 Å². The SMILES string of the molecule is Cc1n[nH]c(C)c1-c1ccn2ncc(C(=O)Nc3cc(-c4nnn(C5CC5)n4)ccc3Cl)c2c1. The normalized spacial score (nSPS) is 13.5. The second kappa shape index (κ2) is 7.77. The van der Waals surface area contributed by atoms with Gasteiger partial charge >= 0.3 is 0 Å². The maximum absolute atomic E-state index is 13.2. The Morgan fingerprint density at radius 2 is 2.03 bits per heavy atom. The van der Waals surface area contributed by atoms with Crippen LogP contribution in [0.3, 0.4) is 0 Å². The molecular weight excluding hydrogens is 454 g/mol. The molecule has 1 aliphatic carbocycles. The number of H-pyrrole nitrogens is 1. The fourth-order valence-corrected chi connectivity index (χ4v) is 4.20. The minimum Gasteiger partial charge on any atom is -0.320 e. The van der Waals surface area contributed by atoms with Crippen LogP contribution < -0.4 is 5.32 Å². The van der Waals surface area contributed by atoms with Gasteiger partial charge in [-0.05, 0) is 67.8 Å². The molecule has 1 fully saturated rings. The number of fused-ring (bicyclic) bond motifs is 1. The number of pyridine rings is 1. The van der Waals surface area contributed by atoms with E-state index in [0.717, 1.165) is 40.9 Å². The van der Waals surface area contributed by atoms with Crippen molar-refractivity contribution in [2.75, 3.05) is 5.32 Å². The van der Waals surface area contributed by atoms with Crippen molar-refractivity contribution in [3.05, 3.63) is 64.7 Å². The van der Waals surface area contributed by atoms with Crippen LogP contribution in [0.1, 0.15) is 40.6 Å². The van der Waals surface area contributed by atoms with Crippen molar-refractivity contribution in [2.45, 2.75) is 32.7 Å². The molecule has 0 atom stereocenters. The zero-order valence-corrected chi connectivity index (χ0v) is 19.2. The molecule has 4 aromatic heterocycles. The minimum atomic E-state index is -0.318. The number of aromatic amines is 1. The zero-order valence-electron chi connectivity index (χ0n) is 18.4. The van der Waals surface area contributed by atoms with E-state index in [4.69, 9.17) is 11.6 Å². The molecule has 1 amide bonds. The number of carbonyl (C=O) groups excluding carboxylic acids is 1. The predicted molar refractivity (Wildman–Crippen MR) is 127 cm³/mol. The first-order valence-corrected chi connectivity index (χ1v) is 11.3. The van der Waals surface area contributed by atoms with Crippen molar-refractivity contribution in [1.29, 1.82) is 0 Å². The summed E-state index contributed by atoms with van der Waals surface area (Å²) in [6.45, 7) is 3.91. The number of carbonyl (C=O) groups is 1. The van der Waals surface area contributed by atoms with Crippen LogP contribution in [0.15, 0.2) is 42.7 Å². The van der Waals surface area contributed by atoms with Crippen molar-refractivity contribution in [2.24, 2.45) is 0 Å². The molecule has 1 saturated carbocycles. The molecule has 2 N–H and O–H groups in total. The van der Waals surface area contributed by atoms with Crippen LogP contribution in [0.2, 0.25) is 5.02 Å². The van der Waals surface area contributed by atoms with E-state index in [1.54, 1.807) is 27.6 Å². The quantitative estimate of drug-likeness (QED) is 0.394. The molecule has 0 radical (unpaired) electrons. The smallest absolute Gasteiger partial charge is 0.259 e. The molecule has 34 heavy (non-hydrogen) atoms. The Hall–Kier alpha value is -4.05. The number of nitrogens with zero attached hydrogens (tertiary/aromatic N) is 7. The molecule has 0 spiro atoms. The van der Waals surface area contributed by atoms with Gasteiger partial charge in [-0.1, -0.05) is 11.6 Å². The van der Waals surface area contributed by atoms with Gasteiger partial charge in [0.2, 0.25) is 5.82 Å². The van der Waals surface area contributed by atoms with Gasteiger partial charge in [0.25, 0.3) is 5.91 Å². The molecule has 0 unspecified atom stereocenters.